The normalized spacial score (nSPS) is 13.2. The van der Waals surface area contributed by atoms with E-state index in [1.165, 1.54) is 7.05 Å². The molecule has 9 nitrogen and oxygen atoms in total. The first kappa shape index (κ1) is 17.6. The summed E-state index contributed by atoms with van der Waals surface area (Å²) in [6, 6.07) is 8.63. The highest BCUT2D eigenvalue weighted by atomic mass is 32.2. The topological polar surface area (TPSA) is 105 Å². The molecule has 0 atom stereocenters. The highest BCUT2D eigenvalue weighted by molar-refractivity contribution is 7.89. The molecule has 146 valence electrons. The lowest BCUT2D eigenvalue weighted by molar-refractivity contribution is 0.588. The number of rotatable bonds is 4. The molecule has 1 aliphatic heterocycles. The lowest BCUT2D eigenvalue weighted by Crippen LogP contribution is -2.32. The number of nitrogens with zero attached hydrogens (tertiary/aromatic N) is 5. The van der Waals surface area contributed by atoms with E-state index in [1.807, 2.05) is 23.3 Å². The second-order valence-corrected chi connectivity index (χ2v) is 8.46. The van der Waals surface area contributed by atoms with Crippen LogP contribution in [0.4, 0.5) is 11.4 Å². The molecule has 0 bridgehead atoms. The van der Waals surface area contributed by atoms with Gasteiger partial charge in [0.1, 0.15) is 16.9 Å². The van der Waals surface area contributed by atoms with Crippen LogP contribution in [0.15, 0.2) is 66.2 Å². The molecule has 0 fully saturated rings. The fourth-order valence-corrected chi connectivity index (χ4v) is 4.24. The predicted molar refractivity (Wildman–Crippen MR) is 109 cm³/mol. The third-order valence-electron chi connectivity index (χ3n) is 4.85. The van der Waals surface area contributed by atoms with Crippen LogP contribution in [0.5, 0.6) is 0 Å². The van der Waals surface area contributed by atoms with Gasteiger partial charge in [-0.2, -0.15) is 5.10 Å². The number of fused-ring (bicyclic) bond motifs is 5. The van der Waals surface area contributed by atoms with E-state index in [0.717, 1.165) is 28.0 Å². The number of benzene rings is 1. The van der Waals surface area contributed by atoms with Gasteiger partial charge in [-0.05, 0) is 36.9 Å². The van der Waals surface area contributed by atoms with E-state index >= 15 is 0 Å². The summed E-state index contributed by atoms with van der Waals surface area (Å²) in [5, 5.41) is 6.66. The van der Waals surface area contributed by atoms with Crippen molar-refractivity contribution >= 4 is 26.9 Å². The second kappa shape index (κ2) is 6.54. The molecule has 2 N–H and O–H groups in total. The highest BCUT2D eigenvalue weighted by Crippen LogP contribution is 2.40. The number of hydrogen-bond donors (Lipinski definition) is 2. The van der Waals surface area contributed by atoms with Gasteiger partial charge in [0.25, 0.3) is 0 Å². The summed E-state index contributed by atoms with van der Waals surface area (Å²) in [7, 11) is -2.15. The van der Waals surface area contributed by atoms with Gasteiger partial charge in [0.2, 0.25) is 10.0 Å². The SMILES string of the molecule is CNS(=O)(=O)c1cccc(NN2Cc3ccncc3-c3nn4ccncc4c32)c1. The van der Waals surface area contributed by atoms with Gasteiger partial charge in [-0.3, -0.25) is 20.4 Å². The van der Waals surface area contributed by atoms with Gasteiger partial charge in [0.05, 0.1) is 23.3 Å². The Balaban J connectivity index is 1.62. The third-order valence-corrected chi connectivity index (χ3v) is 6.27. The molecule has 4 heterocycles. The summed E-state index contributed by atoms with van der Waals surface area (Å²) in [6.45, 7) is 0.560. The summed E-state index contributed by atoms with van der Waals surface area (Å²) < 4.78 is 28.4. The van der Waals surface area contributed by atoms with Crippen molar-refractivity contribution in [3.63, 3.8) is 0 Å². The van der Waals surface area contributed by atoms with Crippen molar-refractivity contribution in [2.75, 3.05) is 17.5 Å². The fourth-order valence-electron chi connectivity index (χ4n) is 3.46. The first-order valence-corrected chi connectivity index (χ1v) is 10.4. The van der Waals surface area contributed by atoms with Gasteiger partial charge in [0, 0.05) is 30.4 Å². The Bertz CT molecular complexity index is 1330. The number of anilines is 2. The Morgan fingerprint density at radius 3 is 2.83 bits per heavy atom. The summed E-state index contributed by atoms with van der Waals surface area (Å²) in [5.74, 6) is 0. The molecular formula is C19H17N7O2S. The second-order valence-electron chi connectivity index (χ2n) is 6.57. The van der Waals surface area contributed by atoms with Crippen LogP contribution in [0.25, 0.3) is 16.8 Å². The number of pyridine rings is 1. The largest absolute Gasteiger partial charge is 0.298 e. The number of sulfonamides is 1. The standard InChI is InChI=1S/C19H17N7O2S/c1-20-29(27,28)15-4-2-3-14(9-15)23-26-12-13-5-6-21-10-16(13)18-19(26)17-11-22-7-8-25(17)24-18/h2-11,20,23H,12H2,1H3. The van der Waals surface area contributed by atoms with Crippen LogP contribution in [0.2, 0.25) is 0 Å². The highest BCUT2D eigenvalue weighted by Gasteiger charge is 2.28. The molecule has 0 spiro atoms. The summed E-state index contributed by atoms with van der Waals surface area (Å²) in [5.41, 5.74) is 8.50. The first-order chi connectivity index (χ1) is 14.1. The molecule has 4 aromatic rings. The van der Waals surface area contributed by atoms with Gasteiger partial charge in [-0.25, -0.2) is 17.7 Å². The lowest BCUT2D eigenvalue weighted by Gasteiger charge is -2.31. The Kier molecular flexibility index (Phi) is 3.96. The van der Waals surface area contributed by atoms with Gasteiger partial charge in [0.15, 0.2) is 0 Å². The van der Waals surface area contributed by atoms with E-state index in [1.54, 1.807) is 47.5 Å². The van der Waals surface area contributed by atoms with Crippen LogP contribution in [0.1, 0.15) is 5.56 Å². The number of hydrazine groups is 1. The molecule has 0 saturated heterocycles. The molecule has 10 heteroatoms. The van der Waals surface area contributed by atoms with E-state index in [4.69, 9.17) is 5.10 Å². The van der Waals surface area contributed by atoms with E-state index in [2.05, 4.69) is 20.1 Å². The number of hydrogen-bond acceptors (Lipinski definition) is 7. The van der Waals surface area contributed by atoms with E-state index in [-0.39, 0.29) is 4.90 Å². The Labute approximate surface area is 167 Å². The smallest absolute Gasteiger partial charge is 0.240 e. The van der Waals surface area contributed by atoms with E-state index < -0.39 is 10.0 Å². The van der Waals surface area contributed by atoms with Crippen molar-refractivity contribution in [2.24, 2.45) is 0 Å². The van der Waals surface area contributed by atoms with Crippen molar-refractivity contribution in [3.05, 3.63) is 66.9 Å². The van der Waals surface area contributed by atoms with E-state index in [0.29, 0.717) is 12.2 Å². The van der Waals surface area contributed by atoms with Crippen molar-refractivity contribution in [1.29, 1.82) is 0 Å². The molecule has 29 heavy (non-hydrogen) atoms. The van der Waals surface area contributed by atoms with Crippen LogP contribution in [-0.4, -0.2) is 35.0 Å². The van der Waals surface area contributed by atoms with Crippen LogP contribution >= 0.6 is 0 Å². The first-order valence-electron chi connectivity index (χ1n) is 8.90. The molecule has 5 rings (SSSR count). The maximum absolute atomic E-state index is 12.2. The molecule has 3 aromatic heterocycles. The maximum Gasteiger partial charge on any atom is 0.240 e. The van der Waals surface area contributed by atoms with Crippen molar-refractivity contribution in [2.45, 2.75) is 11.4 Å². The Morgan fingerprint density at radius 1 is 1.10 bits per heavy atom. The average Bonchev–Trinajstić information content (AvgIpc) is 3.14. The minimum absolute atomic E-state index is 0.188. The average molecular weight is 407 g/mol. The molecule has 0 saturated carbocycles. The zero-order chi connectivity index (χ0) is 20.0. The molecule has 1 aliphatic rings. The number of nitrogens with one attached hydrogen (secondary N) is 2. The lowest BCUT2D eigenvalue weighted by atomic mass is 10.0. The summed E-state index contributed by atoms with van der Waals surface area (Å²) in [6.07, 6.45) is 8.79. The van der Waals surface area contributed by atoms with Gasteiger partial charge in [-0.1, -0.05) is 6.07 Å². The zero-order valence-corrected chi connectivity index (χ0v) is 16.3. The van der Waals surface area contributed by atoms with Crippen molar-refractivity contribution < 1.29 is 8.42 Å². The van der Waals surface area contributed by atoms with Gasteiger partial charge >= 0.3 is 0 Å². The van der Waals surface area contributed by atoms with Crippen LogP contribution in [-0.2, 0) is 16.6 Å². The Morgan fingerprint density at radius 2 is 1.97 bits per heavy atom. The van der Waals surface area contributed by atoms with Crippen LogP contribution in [0, 0.1) is 0 Å². The Hall–Kier alpha value is -3.50. The molecule has 0 amide bonds. The minimum atomic E-state index is -3.54. The maximum atomic E-state index is 12.2. The summed E-state index contributed by atoms with van der Waals surface area (Å²) in [4.78, 5) is 8.66. The zero-order valence-electron chi connectivity index (χ0n) is 15.4. The minimum Gasteiger partial charge on any atom is -0.298 e. The predicted octanol–water partition coefficient (Wildman–Crippen LogP) is 2.05. The molecule has 0 unspecified atom stereocenters. The molecule has 1 aromatic carbocycles. The number of aromatic nitrogens is 4. The van der Waals surface area contributed by atoms with Crippen molar-refractivity contribution in [1.82, 2.24) is 24.3 Å². The van der Waals surface area contributed by atoms with Crippen LogP contribution < -0.4 is 15.2 Å². The summed E-state index contributed by atoms with van der Waals surface area (Å²) >= 11 is 0. The van der Waals surface area contributed by atoms with Crippen LogP contribution in [0.3, 0.4) is 0 Å². The quantitative estimate of drug-likeness (QED) is 0.533. The molecular weight excluding hydrogens is 390 g/mol. The van der Waals surface area contributed by atoms with Crippen molar-refractivity contribution in [3.8, 4) is 11.3 Å². The monoisotopic (exact) mass is 407 g/mol. The van der Waals surface area contributed by atoms with Gasteiger partial charge < -0.3 is 0 Å². The third kappa shape index (κ3) is 2.89. The van der Waals surface area contributed by atoms with Gasteiger partial charge in [-0.15, -0.1) is 0 Å². The molecule has 0 radical (unpaired) electrons. The van der Waals surface area contributed by atoms with E-state index in [9.17, 15) is 8.42 Å². The molecule has 0 aliphatic carbocycles. The fraction of sp³-hybridized carbons (Fsp3) is 0.105.